The van der Waals surface area contributed by atoms with Crippen LogP contribution in [0, 0.1) is 11.7 Å². The van der Waals surface area contributed by atoms with Gasteiger partial charge in [-0.15, -0.1) is 0 Å². The van der Waals surface area contributed by atoms with Crippen LogP contribution in [-0.4, -0.2) is 9.55 Å². The number of benzene rings is 1. The fourth-order valence-corrected chi connectivity index (χ4v) is 3.66. The lowest BCUT2D eigenvalue weighted by Gasteiger charge is -2.22. The van der Waals surface area contributed by atoms with Crippen molar-refractivity contribution < 1.29 is 0 Å². The van der Waals surface area contributed by atoms with E-state index >= 15 is 0 Å². The second-order valence-corrected chi connectivity index (χ2v) is 6.21. The molecule has 0 radical (unpaired) electrons. The lowest BCUT2D eigenvalue weighted by Crippen LogP contribution is -2.11. The number of imidazole rings is 1. The second-order valence-electron chi connectivity index (χ2n) is 5.82. The van der Waals surface area contributed by atoms with Gasteiger partial charge in [-0.3, -0.25) is 0 Å². The van der Waals surface area contributed by atoms with Crippen molar-refractivity contribution in [2.24, 2.45) is 0 Å². The molecule has 1 heterocycles. The number of aromatic nitrogens is 2. The van der Waals surface area contributed by atoms with E-state index in [9.17, 15) is 0 Å². The fraction of sp³-hybridized carbons (Fsp3) is 0.562. The van der Waals surface area contributed by atoms with Crippen molar-refractivity contribution in [2.45, 2.75) is 57.9 Å². The van der Waals surface area contributed by atoms with E-state index in [2.05, 4.69) is 34.7 Å². The summed E-state index contributed by atoms with van der Waals surface area (Å²) in [6.45, 7) is 2.13. The first-order valence-corrected chi connectivity index (χ1v) is 7.87. The van der Waals surface area contributed by atoms with Crippen molar-refractivity contribution in [1.29, 1.82) is 0 Å². The smallest absolute Gasteiger partial charge is 0.178 e. The fourth-order valence-electron chi connectivity index (χ4n) is 3.30. The van der Waals surface area contributed by atoms with E-state index in [-0.39, 0.29) is 0 Å². The Kier molecular flexibility index (Phi) is 3.74. The number of hydrogen-bond acceptors (Lipinski definition) is 1. The Morgan fingerprint density at radius 3 is 2.53 bits per heavy atom. The van der Waals surface area contributed by atoms with Crippen LogP contribution in [0.3, 0.4) is 0 Å². The van der Waals surface area contributed by atoms with Crippen molar-refractivity contribution in [1.82, 2.24) is 9.55 Å². The summed E-state index contributed by atoms with van der Waals surface area (Å²) in [5.74, 6) is 0. The van der Waals surface area contributed by atoms with Gasteiger partial charge in [0.05, 0.1) is 11.0 Å². The zero-order chi connectivity index (χ0) is 13.2. The summed E-state index contributed by atoms with van der Waals surface area (Å²) in [7, 11) is 0. The standard InChI is InChI=1S/C16H22N2S/c1-12-9-10-15-14(11-12)17-16(19)18(15)13-7-5-3-2-4-6-8-13/h9-11,13H,2-8H2,1H3,(H,17,19). The third-order valence-electron chi connectivity index (χ3n) is 4.31. The maximum atomic E-state index is 5.56. The Labute approximate surface area is 119 Å². The van der Waals surface area contributed by atoms with E-state index < -0.39 is 0 Å². The van der Waals surface area contributed by atoms with Gasteiger partial charge in [-0.05, 0) is 49.7 Å². The number of aromatic amines is 1. The number of nitrogens with one attached hydrogen (secondary N) is 1. The highest BCUT2D eigenvalue weighted by molar-refractivity contribution is 7.71. The van der Waals surface area contributed by atoms with Crippen LogP contribution in [0.2, 0.25) is 0 Å². The zero-order valence-electron chi connectivity index (χ0n) is 11.6. The van der Waals surface area contributed by atoms with Crippen molar-refractivity contribution in [2.75, 3.05) is 0 Å². The van der Waals surface area contributed by atoms with Gasteiger partial charge in [-0.1, -0.05) is 38.2 Å². The van der Waals surface area contributed by atoms with Gasteiger partial charge in [-0.25, -0.2) is 0 Å². The molecule has 2 nitrogen and oxygen atoms in total. The van der Waals surface area contributed by atoms with Crippen LogP contribution in [-0.2, 0) is 0 Å². The highest BCUT2D eigenvalue weighted by Gasteiger charge is 2.16. The maximum Gasteiger partial charge on any atom is 0.178 e. The number of aryl methyl sites for hydroxylation is 1. The van der Waals surface area contributed by atoms with E-state index in [4.69, 9.17) is 12.2 Å². The molecule has 1 aliphatic carbocycles. The largest absolute Gasteiger partial charge is 0.331 e. The quantitative estimate of drug-likeness (QED) is 0.700. The zero-order valence-corrected chi connectivity index (χ0v) is 12.4. The number of rotatable bonds is 1. The van der Waals surface area contributed by atoms with Crippen LogP contribution < -0.4 is 0 Å². The third-order valence-corrected chi connectivity index (χ3v) is 4.61. The van der Waals surface area contributed by atoms with Crippen LogP contribution in [0.4, 0.5) is 0 Å². The predicted octanol–water partition coefficient (Wildman–Crippen LogP) is 5.29. The first-order valence-electron chi connectivity index (χ1n) is 7.46. The molecule has 0 amide bonds. The molecule has 0 aliphatic heterocycles. The lowest BCUT2D eigenvalue weighted by molar-refractivity contribution is 0.376. The van der Waals surface area contributed by atoms with Gasteiger partial charge in [0.25, 0.3) is 0 Å². The SMILES string of the molecule is Cc1ccc2c(c1)[nH]c(=S)n2C1CCCCCCC1. The summed E-state index contributed by atoms with van der Waals surface area (Å²) >= 11 is 5.56. The van der Waals surface area contributed by atoms with Crippen molar-refractivity contribution in [3.63, 3.8) is 0 Å². The normalized spacial score (nSPS) is 18.4. The van der Waals surface area contributed by atoms with Gasteiger partial charge in [0.2, 0.25) is 0 Å². The summed E-state index contributed by atoms with van der Waals surface area (Å²) in [6.07, 6.45) is 9.39. The molecule has 1 N–H and O–H groups in total. The van der Waals surface area contributed by atoms with Crippen LogP contribution in [0.25, 0.3) is 11.0 Å². The molecule has 0 spiro atoms. The van der Waals surface area contributed by atoms with Gasteiger partial charge in [0, 0.05) is 6.04 Å². The van der Waals surface area contributed by atoms with E-state index in [1.54, 1.807) is 0 Å². The highest BCUT2D eigenvalue weighted by atomic mass is 32.1. The number of fused-ring (bicyclic) bond motifs is 1. The van der Waals surface area contributed by atoms with Crippen molar-refractivity contribution in [3.05, 3.63) is 28.5 Å². The van der Waals surface area contributed by atoms with Crippen LogP contribution in [0.15, 0.2) is 18.2 Å². The lowest BCUT2D eigenvalue weighted by atomic mass is 9.96. The van der Waals surface area contributed by atoms with Gasteiger partial charge < -0.3 is 9.55 Å². The summed E-state index contributed by atoms with van der Waals surface area (Å²) in [6, 6.07) is 7.19. The average Bonchev–Trinajstić information content (AvgIpc) is 2.64. The van der Waals surface area contributed by atoms with Crippen molar-refractivity contribution in [3.8, 4) is 0 Å². The maximum absolute atomic E-state index is 5.56. The molecule has 1 aromatic heterocycles. The van der Waals surface area contributed by atoms with E-state index in [1.165, 1.54) is 61.5 Å². The molecule has 0 saturated heterocycles. The summed E-state index contributed by atoms with van der Waals surface area (Å²) in [5, 5.41) is 0. The van der Waals surface area contributed by atoms with Crippen LogP contribution in [0.5, 0.6) is 0 Å². The third kappa shape index (κ3) is 2.62. The number of H-pyrrole nitrogens is 1. The molecule has 3 heteroatoms. The Morgan fingerprint density at radius 1 is 1.11 bits per heavy atom. The minimum absolute atomic E-state index is 0.587. The summed E-state index contributed by atoms with van der Waals surface area (Å²) in [5.41, 5.74) is 3.75. The van der Waals surface area contributed by atoms with Gasteiger partial charge in [0.1, 0.15) is 0 Å². The summed E-state index contributed by atoms with van der Waals surface area (Å²) in [4.78, 5) is 3.38. The Morgan fingerprint density at radius 2 is 1.79 bits per heavy atom. The van der Waals surface area contributed by atoms with Gasteiger partial charge >= 0.3 is 0 Å². The van der Waals surface area contributed by atoms with Gasteiger partial charge in [0.15, 0.2) is 4.77 Å². The van der Waals surface area contributed by atoms with Crippen molar-refractivity contribution >= 4 is 23.3 Å². The second kappa shape index (κ2) is 5.49. The molecular weight excluding hydrogens is 252 g/mol. The van der Waals surface area contributed by atoms with E-state index in [1.807, 2.05) is 0 Å². The van der Waals surface area contributed by atoms with Gasteiger partial charge in [-0.2, -0.15) is 0 Å². The molecule has 1 fully saturated rings. The molecule has 3 rings (SSSR count). The average molecular weight is 274 g/mol. The molecule has 1 saturated carbocycles. The van der Waals surface area contributed by atoms with E-state index in [0.717, 1.165) is 4.77 Å². The Hall–Kier alpha value is -1.09. The minimum atomic E-state index is 0.587. The molecule has 1 aromatic carbocycles. The van der Waals surface area contributed by atoms with E-state index in [0.29, 0.717) is 6.04 Å². The number of hydrogen-bond donors (Lipinski definition) is 1. The monoisotopic (exact) mass is 274 g/mol. The highest BCUT2D eigenvalue weighted by Crippen LogP contribution is 2.30. The first kappa shape index (κ1) is 12.9. The molecule has 19 heavy (non-hydrogen) atoms. The molecular formula is C16H22N2S. The number of nitrogens with zero attached hydrogens (tertiary/aromatic N) is 1. The molecule has 0 bridgehead atoms. The molecule has 0 unspecified atom stereocenters. The topological polar surface area (TPSA) is 20.7 Å². The van der Waals surface area contributed by atoms with Crippen LogP contribution in [0.1, 0.15) is 56.6 Å². The predicted molar refractivity (Wildman–Crippen MR) is 83.2 cm³/mol. The first-order chi connectivity index (χ1) is 9.25. The molecule has 1 aliphatic rings. The summed E-state index contributed by atoms with van der Waals surface area (Å²) < 4.78 is 3.27. The molecule has 2 aromatic rings. The Bertz CT molecular complexity index is 615. The minimum Gasteiger partial charge on any atom is -0.331 e. The Balaban J connectivity index is 2.02. The molecule has 0 atom stereocenters. The van der Waals surface area contributed by atoms with Crippen LogP contribution >= 0.6 is 12.2 Å². The molecule has 102 valence electrons.